The number of methoxy groups -OCH3 is 1. The first-order chi connectivity index (χ1) is 12.6. The second-order valence-electron chi connectivity index (χ2n) is 5.93. The first-order valence-electron chi connectivity index (χ1n) is 8.43. The highest BCUT2D eigenvalue weighted by Crippen LogP contribution is 2.18. The van der Waals surface area contributed by atoms with Gasteiger partial charge in [0.2, 0.25) is 11.7 Å². The van der Waals surface area contributed by atoms with Gasteiger partial charge >= 0.3 is 0 Å². The van der Waals surface area contributed by atoms with Gasteiger partial charge in [-0.25, -0.2) is 0 Å². The van der Waals surface area contributed by atoms with E-state index < -0.39 is 0 Å². The van der Waals surface area contributed by atoms with Crippen LogP contribution in [0.1, 0.15) is 28.7 Å². The highest BCUT2D eigenvalue weighted by Gasteiger charge is 2.18. The lowest BCUT2D eigenvalue weighted by molar-refractivity contribution is 0.0734. The van der Waals surface area contributed by atoms with Crippen molar-refractivity contribution in [2.45, 2.75) is 20.4 Å². The number of amides is 1. The first-order valence-corrected chi connectivity index (χ1v) is 8.43. The lowest BCUT2D eigenvalue weighted by atomic mass is 10.1. The molecule has 0 unspecified atom stereocenters. The Morgan fingerprint density at radius 2 is 1.96 bits per heavy atom. The van der Waals surface area contributed by atoms with Gasteiger partial charge < -0.3 is 14.2 Å². The molecule has 0 saturated heterocycles. The number of benzene rings is 2. The zero-order valence-corrected chi connectivity index (χ0v) is 15.1. The number of aromatic nitrogens is 2. The van der Waals surface area contributed by atoms with Crippen LogP contribution >= 0.6 is 0 Å². The van der Waals surface area contributed by atoms with Crippen LogP contribution in [0.25, 0.3) is 11.4 Å². The molecule has 6 heteroatoms. The second kappa shape index (κ2) is 7.82. The molecular weight excluding hydrogens is 330 g/mol. The zero-order valence-electron chi connectivity index (χ0n) is 15.1. The van der Waals surface area contributed by atoms with Crippen molar-refractivity contribution in [2.75, 3.05) is 13.7 Å². The molecule has 0 aliphatic rings. The van der Waals surface area contributed by atoms with Gasteiger partial charge in [0, 0.05) is 17.7 Å². The molecule has 0 aliphatic carbocycles. The Bertz CT molecular complexity index is 887. The highest BCUT2D eigenvalue weighted by atomic mass is 16.5. The lowest BCUT2D eigenvalue weighted by Crippen LogP contribution is -2.30. The topological polar surface area (TPSA) is 68.5 Å². The van der Waals surface area contributed by atoms with E-state index in [-0.39, 0.29) is 12.5 Å². The third-order valence-electron chi connectivity index (χ3n) is 4.09. The number of carbonyl (C=O) groups is 1. The van der Waals surface area contributed by atoms with Gasteiger partial charge in [-0.3, -0.25) is 4.79 Å². The molecule has 0 bridgehead atoms. The fraction of sp³-hybridized carbons (Fsp3) is 0.250. The van der Waals surface area contributed by atoms with Gasteiger partial charge in [-0.05, 0) is 32.0 Å². The van der Waals surface area contributed by atoms with Crippen LogP contribution in [0.15, 0.2) is 53.1 Å². The van der Waals surface area contributed by atoms with Crippen molar-refractivity contribution in [1.29, 1.82) is 0 Å². The number of ether oxygens (including phenoxy) is 1. The van der Waals surface area contributed by atoms with Gasteiger partial charge in [0.05, 0.1) is 7.11 Å². The van der Waals surface area contributed by atoms with Gasteiger partial charge in [0.1, 0.15) is 12.3 Å². The number of carbonyl (C=O) groups excluding carboxylic acids is 1. The van der Waals surface area contributed by atoms with E-state index in [4.69, 9.17) is 9.26 Å². The predicted octanol–water partition coefficient (Wildman–Crippen LogP) is 3.72. The van der Waals surface area contributed by atoms with E-state index in [1.165, 1.54) is 5.56 Å². The molecule has 6 nitrogen and oxygen atoms in total. The maximum Gasteiger partial charge on any atom is 0.254 e. The average Bonchev–Trinajstić information content (AvgIpc) is 3.14. The zero-order chi connectivity index (χ0) is 18.5. The first kappa shape index (κ1) is 17.7. The Morgan fingerprint density at radius 1 is 1.19 bits per heavy atom. The molecule has 1 heterocycles. The Balaban J connectivity index is 1.75. The number of aryl methyl sites for hydroxylation is 1. The van der Waals surface area contributed by atoms with Crippen molar-refractivity contribution in [3.8, 4) is 17.1 Å². The van der Waals surface area contributed by atoms with E-state index in [9.17, 15) is 4.79 Å². The fourth-order valence-electron chi connectivity index (χ4n) is 2.57. The van der Waals surface area contributed by atoms with E-state index in [0.717, 1.165) is 5.56 Å². The summed E-state index contributed by atoms with van der Waals surface area (Å²) in [5.41, 5.74) is 2.61. The summed E-state index contributed by atoms with van der Waals surface area (Å²) in [6, 6.07) is 15.0. The van der Waals surface area contributed by atoms with Crippen LogP contribution in [0.4, 0.5) is 0 Å². The van der Waals surface area contributed by atoms with E-state index >= 15 is 0 Å². The van der Waals surface area contributed by atoms with Crippen LogP contribution in [-0.4, -0.2) is 34.6 Å². The molecule has 0 radical (unpaired) electrons. The summed E-state index contributed by atoms with van der Waals surface area (Å²) < 4.78 is 10.5. The molecule has 0 saturated carbocycles. The molecule has 0 aliphatic heterocycles. The van der Waals surface area contributed by atoms with Crippen LogP contribution in [0.3, 0.4) is 0 Å². The minimum absolute atomic E-state index is 0.110. The van der Waals surface area contributed by atoms with Crippen molar-refractivity contribution in [2.24, 2.45) is 0 Å². The van der Waals surface area contributed by atoms with Crippen molar-refractivity contribution < 1.29 is 14.1 Å². The normalized spacial score (nSPS) is 10.6. The predicted molar refractivity (Wildman–Crippen MR) is 97.9 cm³/mol. The fourth-order valence-corrected chi connectivity index (χ4v) is 2.57. The summed E-state index contributed by atoms with van der Waals surface area (Å²) >= 11 is 0. The van der Waals surface area contributed by atoms with E-state index in [1.807, 2.05) is 38.1 Å². The van der Waals surface area contributed by atoms with Gasteiger partial charge in [0.15, 0.2) is 0 Å². The molecule has 0 N–H and O–H groups in total. The Hall–Kier alpha value is -3.15. The molecular formula is C20H21N3O3. The summed E-state index contributed by atoms with van der Waals surface area (Å²) in [5, 5.41) is 4.02. The molecule has 0 spiro atoms. The van der Waals surface area contributed by atoms with Crippen molar-refractivity contribution in [3.63, 3.8) is 0 Å². The number of hydrogen-bond acceptors (Lipinski definition) is 5. The second-order valence-corrected chi connectivity index (χ2v) is 5.93. The van der Waals surface area contributed by atoms with Crippen LogP contribution in [0.5, 0.6) is 5.75 Å². The highest BCUT2D eigenvalue weighted by molar-refractivity contribution is 5.94. The molecule has 3 aromatic rings. The maximum absolute atomic E-state index is 12.7. The summed E-state index contributed by atoms with van der Waals surface area (Å²) in [7, 11) is 1.58. The summed E-state index contributed by atoms with van der Waals surface area (Å²) in [5.74, 6) is 1.45. The van der Waals surface area contributed by atoms with Gasteiger partial charge in [0.25, 0.3) is 5.91 Å². The Morgan fingerprint density at radius 3 is 2.65 bits per heavy atom. The van der Waals surface area contributed by atoms with E-state index in [2.05, 4.69) is 10.1 Å². The molecule has 0 fully saturated rings. The summed E-state index contributed by atoms with van der Waals surface area (Å²) in [6.07, 6.45) is 0. The average molecular weight is 351 g/mol. The molecule has 3 rings (SSSR count). The molecule has 134 valence electrons. The van der Waals surface area contributed by atoms with E-state index in [0.29, 0.717) is 29.6 Å². The van der Waals surface area contributed by atoms with Crippen molar-refractivity contribution in [1.82, 2.24) is 15.0 Å². The van der Waals surface area contributed by atoms with E-state index in [1.54, 1.807) is 36.3 Å². The minimum Gasteiger partial charge on any atom is -0.497 e. The molecule has 0 atom stereocenters. The largest absolute Gasteiger partial charge is 0.497 e. The third kappa shape index (κ3) is 3.91. The monoisotopic (exact) mass is 351 g/mol. The number of rotatable bonds is 6. The van der Waals surface area contributed by atoms with Crippen LogP contribution < -0.4 is 4.74 Å². The van der Waals surface area contributed by atoms with Gasteiger partial charge in [-0.2, -0.15) is 4.98 Å². The van der Waals surface area contributed by atoms with Gasteiger partial charge in [-0.1, -0.05) is 41.1 Å². The van der Waals surface area contributed by atoms with Crippen LogP contribution in [0, 0.1) is 6.92 Å². The van der Waals surface area contributed by atoms with Crippen LogP contribution in [0.2, 0.25) is 0 Å². The number of hydrogen-bond donors (Lipinski definition) is 0. The molecule has 1 aromatic heterocycles. The van der Waals surface area contributed by atoms with Crippen molar-refractivity contribution >= 4 is 5.91 Å². The maximum atomic E-state index is 12.7. The Labute approximate surface area is 152 Å². The molecule has 2 aromatic carbocycles. The van der Waals surface area contributed by atoms with Crippen molar-refractivity contribution in [3.05, 3.63) is 65.5 Å². The summed E-state index contributed by atoms with van der Waals surface area (Å²) in [4.78, 5) is 18.8. The quantitative estimate of drug-likeness (QED) is 0.677. The van der Waals surface area contributed by atoms with Crippen LogP contribution in [-0.2, 0) is 6.54 Å². The SMILES string of the molecule is CCN(Cc1nc(-c2ccc(C)cc2)no1)C(=O)c1cccc(OC)c1. The summed E-state index contributed by atoms with van der Waals surface area (Å²) in [6.45, 7) is 4.72. The van der Waals surface area contributed by atoms with Gasteiger partial charge in [-0.15, -0.1) is 0 Å². The lowest BCUT2D eigenvalue weighted by Gasteiger charge is -2.19. The molecule has 1 amide bonds. The minimum atomic E-state index is -0.110. The third-order valence-corrected chi connectivity index (χ3v) is 4.09. The smallest absolute Gasteiger partial charge is 0.254 e. The number of nitrogens with zero attached hydrogens (tertiary/aromatic N) is 3. The standard InChI is InChI=1S/C20H21N3O3/c1-4-23(20(24)16-6-5-7-17(12-16)25-3)13-18-21-19(22-26-18)15-10-8-14(2)9-11-15/h5-12H,4,13H2,1-3H3. The Kier molecular flexibility index (Phi) is 5.31. The molecule has 26 heavy (non-hydrogen) atoms.